The lowest BCUT2D eigenvalue weighted by atomic mass is 9.58. The van der Waals surface area contributed by atoms with Crippen LogP contribution in [0.3, 0.4) is 0 Å². The molecule has 6 aliphatic rings. The van der Waals surface area contributed by atoms with Gasteiger partial charge in [-0.1, -0.05) is 36.5 Å². The maximum absolute atomic E-state index is 12.3. The van der Waals surface area contributed by atoms with Crippen LogP contribution in [0.2, 0.25) is 0 Å². The first-order valence-electron chi connectivity index (χ1n) is 7.13. The van der Waals surface area contributed by atoms with Crippen LogP contribution in [-0.2, 0) is 7.05 Å². The monoisotopic (exact) mass is 269 g/mol. The molecule has 20 heavy (non-hydrogen) atoms. The third-order valence-corrected chi connectivity index (χ3v) is 5.50. The van der Waals surface area contributed by atoms with E-state index in [1.165, 1.54) is 4.57 Å². The second kappa shape index (κ2) is 3.16. The normalized spacial score (nSPS) is 42.0. The zero-order valence-corrected chi connectivity index (χ0v) is 11.1. The first-order chi connectivity index (χ1) is 9.68. The summed E-state index contributed by atoms with van der Waals surface area (Å²) in [6.07, 6.45) is 13.3. The number of aromatic nitrogens is 3. The van der Waals surface area contributed by atoms with E-state index in [2.05, 4.69) is 36.5 Å². The molecule has 0 aromatic carbocycles. The summed E-state index contributed by atoms with van der Waals surface area (Å²) in [6, 6.07) is 0.0163. The Labute approximate surface area is 115 Å². The standard InChI is InChI=1S/C15H15N3O2/c1-16-14(19)17-10-6-7-11(18(17)15(16)20)13-9-3-2-8(4-5-9)12(10)13/h2-13H,1H3/t8?,9?,10-,11-,12-,13+/m0/s1. The smallest absolute Gasteiger partial charge is 0.246 e. The van der Waals surface area contributed by atoms with E-state index in [4.69, 9.17) is 0 Å². The minimum atomic E-state index is -0.192. The van der Waals surface area contributed by atoms with Crippen molar-refractivity contribution in [2.45, 2.75) is 12.1 Å². The first-order valence-corrected chi connectivity index (χ1v) is 7.13. The molecule has 1 aromatic rings. The van der Waals surface area contributed by atoms with Gasteiger partial charge in [-0.3, -0.25) is 0 Å². The van der Waals surface area contributed by atoms with Gasteiger partial charge in [0.05, 0.1) is 12.1 Å². The van der Waals surface area contributed by atoms with Gasteiger partial charge in [0, 0.05) is 30.7 Å². The van der Waals surface area contributed by atoms with E-state index in [0.29, 0.717) is 23.7 Å². The first kappa shape index (κ1) is 10.7. The molecule has 0 fully saturated rings. The maximum Gasteiger partial charge on any atom is 0.347 e. The molecule has 0 N–H and O–H groups in total. The van der Waals surface area contributed by atoms with E-state index < -0.39 is 0 Å². The molecule has 5 heteroatoms. The topological polar surface area (TPSA) is 48.9 Å². The molecule has 3 heterocycles. The van der Waals surface area contributed by atoms with Gasteiger partial charge < -0.3 is 0 Å². The molecule has 0 saturated carbocycles. The molecule has 2 aliphatic heterocycles. The second-order valence-corrected chi connectivity index (χ2v) is 6.26. The van der Waals surface area contributed by atoms with Crippen LogP contribution in [0.1, 0.15) is 12.1 Å². The van der Waals surface area contributed by atoms with Crippen LogP contribution in [-0.4, -0.2) is 13.9 Å². The van der Waals surface area contributed by atoms with Crippen molar-refractivity contribution < 1.29 is 0 Å². The number of nitrogens with zero attached hydrogens (tertiary/aromatic N) is 3. The van der Waals surface area contributed by atoms with Crippen molar-refractivity contribution in [3.63, 3.8) is 0 Å². The van der Waals surface area contributed by atoms with Gasteiger partial charge in [-0.15, -0.1) is 0 Å². The fourth-order valence-electron chi connectivity index (χ4n) is 4.67. The molecule has 4 atom stereocenters. The highest BCUT2D eigenvalue weighted by Crippen LogP contribution is 2.55. The Balaban J connectivity index is 1.83. The third-order valence-electron chi connectivity index (χ3n) is 5.50. The average molecular weight is 269 g/mol. The summed E-state index contributed by atoms with van der Waals surface area (Å²) in [5.41, 5.74) is -0.385. The lowest BCUT2D eigenvalue weighted by Crippen LogP contribution is -2.54. The minimum Gasteiger partial charge on any atom is -0.246 e. The highest BCUT2D eigenvalue weighted by atomic mass is 16.2. The van der Waals surface area contributed by atoms with Gasteiger partial charge in [-0.2, -0.15) is 0 Å². The molecule has 0 amide bonds. The van der Waals surface area contributed by atoms with Crippen molar-refractivity contribution in [3.8, 4) is 0 Å². The molecule has 0 saturated heterocycles. The van der Waals surface area contributed by atoms with Gasteiger partial charge in [0.25, 0.3) is 0 Å². The molecule has 7 rings (SSSR count). The molecular weight excluding hydrogens is 254 g/mol. The molecule has 5 nitrogen and oxygen atoms in total. The van der Waals surface area contributed by atoms with Gasteiger partial charge in [0.15, 0.2) is 0 Å². The Morgan fingerprint density at radius 2 is 1.15 bits per heavy atom. The molecule has 1 aromatic heterocycles. The predicted molar refractivity (Wildman–Crippen MR) is 73.4 cm³/mol. The Bertz CT molecular complexity index is 742. The van der Waals surface area contributed by atoms with Gasteiger partial charge in [-0.05, 0) is 0 Å². The number of hydrogen-bond donors (Lipinski definition) is 0. The summed E-state index contributed by atoms with van der Waals surface area (Å²) >= 11 is 0. The molecule has 0 spiro atoms. The van der Waals surface area contributed by atoms with Gasteiger partial charge in [0.1, 0.15) is 0 Å². The second-order valence-electron chi connectivity index (χ2n) is 6.26. The molecular formula is C15H15N3O2. The van der Waals surface area contributed by atoms with Crippen LogP contribution in [0.15, 0.2) is 46.0 Å². The van der Waals surface area contributed by atoms with Crippen molar-refractivity contribution in [1.29, 1.82) is 0 Å². The van der Waals surface area contributed by atoms with Crippen LogP contribution in [0.25, 0.3) is 0 Å². The molecule has 0 unspecified atom stereocenters. The van der Waals surface area contributed by atoms with E-state index in [0.717, 1.165) is 0 Å². The zero-order chi connectivity index (χ0) is 13.6. The van der Waals surface area contributed by atoms with E-state index in [1.807, 2.05) is 0 Å². The quantitative estimate of drug-likeness (QED) is 0.648. The minimum absolute atomic E-state index is 0.00815. The van der Waals surface area contributed by atoms with Crippen LogP contribution in [0, 0.1) is 23.7 Å². The predicted octanol–water partition coefficient (Wildman–Crippen LogP) is 0.618. The van der Waals surface area contributed by atoms with Crippen molar-refractivity contribution >= 4 is 0 Å². The van der Waals surface area contributed by atoms with Crippen LogP contribution in [0.4, 0.5) is 0 Å². The van der Waals surface area contributed by atoms with Gasteiger partial charge in [-0.25, -0.2) is 23.5 Å². The Hall–Kier alpha value is -2.04. The highest BCUT2D eigenvalue weighted by molar-refractivity contribution is 5.30. The van der Waals surface area contributed by atoms with E-state index in [-0.39, 0.29) is 23.5 Å². The van der Waals surface area contributed by atoms with Crippen molar-refractivity contribution in [2.24, 2.45) is 30.7 Å². The molecule has 4 aliphatic carbocycles. The maximum atomic E-state index is 12.3. The van der Waals surface area contributed by atoms with Crippen LogP contribution < -0.4 is 11.4 Å². The third kappa shape index (κ3) is 0.961. The highest BCUT2D eigenvalue weighted by Gasteiger charge is 2.53. The molecule has 102 valence electrons. The lowest BCUT2D eigenvalue weighted by Gasteiger charge is -2.53. The van der Waals surface area contributed by atoms with Crippen LogP contribution >= 0.6 is 0 Å². The fraction of sp³-hybridized carbons (Fsp3) is 0.467. The van der Waals surface area contributed by atoms with E-state index >= 15 is 0 Å². The van der Waals surface area contributed by atoms with E-state index in [1.54, 1.807) is 16.4 Å². The summed E-state index contributed by atoms with van der Waals surface area (Å²) < 4.78 is 4.58. The molecule has 0 radical (unpaired) electrons. The largest absolute Gasteiger partial charge is 0.347 e. The number of hydrogen-bond acceptors (Lipinski definition) is 2. The Morgan fingerprint density at radius 3 is 1.55 bits per heavy atom. The fourth-order valence-corrected chi connectivity index (χ4v) is 4.67. The average Bonchev–Trinajstić information content (AvgIpc) is 2.75. The number of rotatable bonds is 0. The summed E-state index contributed by atoms with van der Waals surface area (Å²) in [6.45, 7) is 0. The van der Waals surface area contributed by atoms with Gasteiger partial charge >= 0.3 is 11.4 Å². The van der Waals surface area contributed by atoms with Crippen molar-refractivity contribution in [2.75, 3.05) is 0 Å². The summed E-state index contributed by atoms with van der Waals surface area (Å²) in [4.78, 5) is 24.7. The SMILES string of the molecule is Cn1c(=O)n2n(c1=O)[C@H]1C=C[C@H]2[C@@H]2C3C=CC(C=C3)[C@@H]21. The molecule has 4 bridgehead atoms. The summed E-state index contributed by atoms with van der Waals surface area (Å²) in [5.74, 6) is 1.59. The van der Waals surface area contributed by atoms with Gasteiger partial charge in [0.2, 0.25) is 0 Å². The van der Waals surface area contributed by atoms with Crippen molar-refractivity contribution in [1.82, 2.24) is 13.9 Å². The summed E-state index contributed by atoms with van der Waals surface area (Å²) in [5, 5.41) is 0. The zero-order valence-electron chi connectivity index (χ0n) is 11.1. The van der Waals surface area contributed by atoms with Crippen molar-refractivity contribution in [3.05, 3.63) is 57.4 Å². The summed E-state index contributed by atoms with van der Waals surface area (Å²) in [7, 11) is 1.57. The van der Waals surface area contributed by atoms with E-state index in [9.17, 15) is 9.59 Å². The lowest BCUT2D eigenvalue weighted by molar-refractivity contribution is 0.0478. The Morgan fingerprint density at radius 1 is 0.750 bits per heavy atom. The Kier molecular flexibility index (Phi) is 1.69. The number of allylic oxidation sites excluding steroid dienone is 6. The van der Waals surface area contributed by atoms with Crippen LogP contribution in [0.5, 0.6) is 0 Å².